The molecule has 0 spiro atoms. The van der Waals surface area contributed by atoms with Crippen LogP contribution in [0.5, 0.6) is 0 Å². The highest BCUT2D eigenvalue weighted by Crippen LogP contribution is 2.15. The molecule has 2 nitrogen and oxygen atoms in total. The maximum Gasteiger partial charge on any atom is 0.0495 e. The van der Waals surface area contributed by atoms with Gasteiger partial charge in [-0.2, -0.15) is 0 Å². The Bertz CT molecular complexity index is 64.6. The minimum atomic E-state index is 0.314. The van der Waals surface area contributed by atoms with Gasteiger partial charge in [-0.25, -0.2) is 0 Å². The average molecular weight is 130 g/mol. The van der Waals surface area contributed by atoms with Crippen LogP contribution in [0.1, 0.15) is 19.3 Å². The van der Waals surface area contributed by atoms with E-state index >= 15 is 0 Å². The van der Waals surface area contributed by atoms with Crippen molar-refractivity contribution in [3.05, 3.63) is 0 Å². The molecule has 0 bridgehead atoms. The molecule has 1 N–H and O–H groups in total. The third-order valence-corrected chi connectivity index (χ3v) is 1.79. The standard InChI is InChI=1S/C7H14O2/c8-4-3-7-2-1-5-9-6-7/h7-8H,1-6H2/t7-/m1/s1. The lowest BCUT2D eigenvalue weighted by Gasteiger charge is -2.20. The monoisotopic (exact) mass is 130 g/mol. The molecule has 0 saturated carbocycles. The Hall–Kier alpha value is -0.0800. The third-order valence-electron chi connectivity index (χ3n) is 1.79. The predicted molar refractivity (Wildman–Crippen MR) is 35.2 cm³/mol. The Balaban J connectivity index is 2.08. The molecule has 1 aliphatic rings. The molecular formula is C7H14O2. The first-order valence-corrected chi connectivity index (χ1v) is 3.62. The summed E-state index contributed by atoms with van der Waals surface area (Å²) in [5.74, 6) is 0.628. The lowest BCUT2D eigenvalue weighted by atomic mass is 9.99. The second kappa shape index (κ2) is 3.85. The van der Waals surface area contributed by atoms with Crippen LogP contribution in [0.3, 0.4) is 0 Å². The van der Waals surface area contributed by atoms with E-state index in [1.807, 2.05) is 0 Å². The number of hydrogen-bond donors (Lipinski definition) is 1. The Labute approximate surface area is 55.8 Å². The molecule has 1 atom stereocenters. The minimum Gasteiger partial charge on any atom is -0.396 e. The average Bonchev–Trinajstić information content (AvgIpc) is 1.91. The molecule has 0 amide bonds. The normalized spacial score (nSPS) is 28.3. The van der Waals surface area contributed by atoms with Gasteiger partial charge in [-0.3, -0.25) is 0 Å². The maximum absolute atomic E-state index is 8.56. The van der Waals surface area contributed by atoms with Crippen LogP contribution in [0.25, 0.3) is 0 Å². The van der Waals surface area contributed by atoms with Crippen LogP contribution in [-0.2, 0) is 4.74 Å². The molecule has 0 aromatic carbocycles. The molecule has 1 aliphatic heterocycles. The van der Waals surface area contributed by atoms with Crippen LogP contribution in [-0.4, -0.2) is 24.9 Å². The summed E-state index contributed by atoms with van der Waals surface area (Å²) in [6, 6.07) is 0. The molecule has 54 valence electrons. The first-order chi connectivity index (χ1) is 4.43. The topological polar surface area (TPSA) is 29.5 Å². The van der Waals surface area contributed by atoms with E-state index in [0.717, 1.165) is 19.6 Å². The zero-order valence-corrected chi connectivity index (χ0v) is 5.68. The molecule has 0 aliphatic carbocycles. The van der Waals surface area contributed by atoms with Gasteiger partial charge in [0.1, 0.15) is 0 Å². The number of aliphatic hydroxyl groups is 1. The van der Waals surface area contributed by atoms with Crippen molar-refractivity contribution in [1.29, 1.82) is 0 Å². The van der Waals surface area contributed by atoms with Crippen molar-refractivity contribution in [2.45, 2.75) is 19.3 Å². The van der Waals surface area contributed by atoms with Gasteiger partial charge in [0.05, 0.1) is 0 Å². The minimum absolute atomic E-state index is 0.314. The molecule has 2 heteroatoms. The van der Waals surface area contributed by atoms with E-state index in [9.17, 15) is 0 Å². The molecule has 0 radical (unpaired) electrons. The number of ether oxygens (including phenoxy) is 1. The fourth-order valence-corrected chi connectivity index (χ4v) is 1.22. The van der Waals surface area contributed by atoms with Gasteiger partial charge in [0.15, 0.2) is 0 Å². The van der Waals surface area contributed by atoms with E-state index in [1.54, 1.807) is 0 Å². The molecule has 1 rings (SSSR count). The number of aliphatic hydroxyl groups excluding tert-OH is 1. The molecular weight excluding hydrogens is 116 g/mol. The highest BCUT2D eigenvalue weighted by Gasteiger charge is 2.11. The van der Waals surface area contributed by atoms with Crippen molar-refractivity contribution in [3.63, 3.8) is 0 Å². The van der Waals surface area contributed by atoms with E-state index in [0.29, 0.717) is 12.5 Å². The van der Waals surface area contributed by atoms with E-state index in [-0.39, 0.29) is 0 Å². The largest absolute Gasteiger partial charge is 0.396 e. The van der Waals surface area contributed by atoms with Crippen LogP contribution >= 0.6 is 0 Å². The van der Waals surface area contributed by atoms with Gasteiger partial charge in [-0.1, -0.05) is 0 Å². The van der Waals surface area contributed by atoms with Crippen molar-refractivity contribution < 1.29 is 9.84 Å². The lowest BCUT2D eigenvalue weighted by molar-refractivity contribution is 0.0447. The van der Waals surface area contributed by atoms with Crippen LogP contribution in [0.2, 0.25) is 0 Å². The molecule has 1 heterocycles. The zero-order chi connectivity index (χ0) is 6.53. The highest BCUT2D eigenvalue weighted by molar-refractivity contribution is 4.61. The molecule has 1 saturated heterocycles. The van der Waals surface area contributed by atoms with Crippen molar-refractivity contribution in [1.82, 2.24) is 0 Å². The van der Waals surface area contributed by atoms with Gasteiger partial charge in [0, 0.05) is 19.8 Å². The van der Waals surface area contributed by atoms with Crippen molar-refractivity contribution in [3.8, 4) is 0 Å². The summed E-state index contributed by atoms with van der Waals surface area (Å²) >= 11 is 0. The van der Waals surface area contributed by atoms with Crippen LogP contribution in [0, 0.1) is 5.92 Å². The Morgan fingerprint density at radius 1 is 1.56 bits per heavy atom. The van der Waals surface area contributed by atoms with Crippen molar-refractivity contribution in [2.24, 2.45) is 5.92 Å². The molecule has 0 aromatic heterocycles. The van der Waals surface area contributed by atoms with Gasteiger partial charge in [0.2, 0.25) is 0 Å². The number of rotatable bonds is 2. The van der Waals surface area contributed by atoms with Crippen LogP contribution in [0.4, 0.5) is 0 Å². The second-order valence-electron chi connectivity index (χ2n) is 2.60. The van der Waals surface area contributed by atoms with Crippen LogP contribution < -0.4 is 0 Å². The fraction of sp³-hybridized carbons (Fsp3) is 1.00. The van der Waals surface area contributed by atoms with Gasteiger partial charge in [0.25, 0.3) is 0 Å². The smallest absolute Gasteiger partial charge is 0.0495 e. The highest BCUT2D eigenvalue weighted by atomic mass is 16.5. The zero-order valence-electron chi connectivity index (χ0n) is 5.68. The van der Waals surface area contributed by atoms with E-state index in [2.05, 4.69) is 0 Å². The summed E-state index contributed by atoms with van der Waals surface area (Å²) in [6.07, 6.45) is 3.32. The lowest BCUT2D eigenvalue weighted by Crippen LogP contribution is -2.17. The fourth-order valence-electron chi connectivity index (χ4n) is 1.22. The molecule has 0 aromatic rings. The summed E-state index contributed by atoms with van der Waals surface area (Å²) in [5.41, 5.74) is 0. The second-order valence-corrected chi connectivity index (χ2v) is 2.60. The Kier molecular flexibility index (Phi) is 3.01. The molecule has 0 unspecified atom stereocenters. The Morgan fingerprint density at radius 2 is 2.44 bits per heavy atom. The summed E-state index contributed by atoms with van der Waals surface area (Å²) in [7, 11) is 0. The van der Waals surface area contributed by atoms with E-state index in [4.69, 9.17) is 9.84 Å². The van der Waals surface area contributed by atoms with Gasteiger partial charge < -0.3 is 9.84 Å². The third kappa shape index (κ3) is 2.33. The van der Waals surface area contributed by atoms with Crippen molar-refractivity contribution in [2.75, 3.05) is 19.8 Å². The van der Waals surface area contributed by atoms with Gasteiger partial charge in [-0.15, -0.1) is 0 Å². The van der Waals surface area contributed by atoms with Crippen LogP contribution in [0.15, 0.2) is 0 Å². The summed E-state index contributed by atoms with van der Waals surface area (Å²) < 4.78 is 5.22. The summed E-state index contributed by atoms with van der Waals surface area (Å²) in [4.78, 5) is 0. The molecule has 9 heavy (non-hydrogen) atoms. The first kappa shape index (κ1) is 7.03. The SMILES string of the molecule is OCC[C@H]1CCCOC1. The Morgan fingerprint density at radius 3 is 3.00 bits per heavy atom. The quantitative estimate of drug-likeness (QED) is 0.599. The van der Waals surface area contributed by atoms with Gasteiger partial charge in [-0.05, 0) is 25.2 Å². The van der Waals surface area contributed by atoms with E-state index < -0.39 is 0 Å². The predicted octanol–water partition coefficient (Wildman–Crippen LogP) is 0.795. The maximum atomic E-state index is 8.56. The summed E-state index contributed by atoms with van der Waals surface area (Å²) in [6.45, 7) is 2.09. The first-order valence-electron chi connectivity index (χ1n) is 3.62. The van der Waals surface area contributed by atoms with Gasteiger partial charge >= 0.3 is 0 Å². The van der Waals surface area contributed by atoms with E-state index in [1.165, 1.54) is 12.8 Å². The van der Waals surface area contributed by atoms with Crippen molar-refractivity contribution >= 4 is 0 Å². The molecule has 1 fully saturated rings. The number of hydrogen-bond acceptors (Lipinski definition) is 2. The summed E-state index contributed by atoms with van der Waals surface area (Å²) in [5, 5.41) is 8.56.